The Labute approximate surface area is 375 Å². The fraction of sp³-hybridized carbons (Fsp3) is 0.457. The standard InChI is InChI=1S/C46H53N7O10S/c1-6-7-9-23(2)64-45-28(19-47)13-15-32(52-45)44(61)48-17-16-34(54)50-25(4)43(60)51-24(3)42(59)49-20-26-21-53(22-26)46(62)27-12-14-29-31(18-27)40(57)36-37(38(29)55)41(58)35-30(39(36)56)10-8-11-33(35)63-5/h8,10-11,13,15,23-27,55,57H,6-7,9,12,14,16-18,20-22H2,1-5H3,(H,48,61)(H,49,59)(H,50,54)(H,51,60)/t23?,24-,25?,27-/m0/s1. The van der Waals surface area contributed by atoms with Crippen LogP contribution in [-0.2, 0) is 32.0 Å². The average Bonchev–Trinajstić information content (AvgIpc) is 3.27. The maximum absolute atomic E-state index is 13.6. The smallest absolute Gasteiger partial charge is 0.269 e. The monoisotopic (exact) mass is 895 g/mol. The number of aromatic hydroxyl groups is 2. The first kappa shape index (κ1) is 47.0. The molecule has 2 heterocycles. The molecule has 1 saturated heterocycles. The molecule has 2 aliphatic carbocycles. The van der Waals surface area contributed by atoms with Gasteiger partial charge in [0.2, 0.25) is 29.4 Å². The second kappa shape index (κ2) is 20.4. The lowest BCUT2D eigenvalue weighted by Gasteiger charge is -2.42. The number of hydrogen-bond donors (Lipinski definition) is 6. The largest absolute Gasteiger partial charge is 0.507 e. The maximum Gasteiger partial charge on any atom is 0.269 e. The lowest BCUT2D eigenvalue weighted by Crippen LogP contribution is -2.57. The van der Waals surface area contributed by atoms with Crippen molar-refractivity contribution < 1.29 is 48.5 Å². The molecule has 6 rings (SSSR count). The van der Waals surface area contributed by atoms with Gasteiger partial charge < -0.3 is 41.1 Å². The number of carbonyl (C=O) groups is 7. The van der Waals surface area contributed by atoms with Crippen LogP contribution in [0.5, 0.6) is 17.2 Å². The Morgan fingerprint density at radius 3 is 2.34 bits per heavy atom. The molecular weight excluding hydrogens is 843 g/mol. The van der Waals surface area contributed by atoms with Crippen LogP contribution in [0.2, 0.25) is 0 Å². The third kappa shape index (κ3) is 9.99. The van der Waals surface area contributed by atoms with Crippen molar-refractivity contribution in [2.24, 2.45) is 11.8 Å². The Hall–Kier alpha value is -6.48. The van der Waals surface area contributed by atoms with Gasteiger partial charge >= 0.3 is 0 Å². The van der Waals surface area contributed by atoms with Crippen molar-refractivity contribution in [3.8, 4) is 23.3 Å². The van der Waals surface area contributed by atoms with Gasteiger partial charge in [0, 0.05) is 66.4 Å². The number of likely N-dealkylation sites (tertiary alicyclic amines) is 1. The number of rotatable bonds is 17. The zero-order valence-corrected chi connectivity index (χ0v) is 37.3. The summed E-state index contributed by atoms with van der Waals surface area (Å²) in [5.41, 5.74) is 0.624. The highest BCUT2D eigenvalue weighted by molar-refractivity contribution is 7.99. The zero-order valence-electron chi connectivity index (χ0n) is 36.5. The first-order valence-electron chi connectivity index (χ1n) is 21.5. The fourth-order valence-electron chi connectivity index (χ4n) is 8.20. The summed E-state index contributed by atoms with van der Waals surface area (Å²) in [4.78, 5) is 97.8. The number of pyridine rings is 1. The van der Waals surface area contributed by atoms with E-state index in [4.69, 9.17) is 4.74 Å². The van der Waals surface area contributed by atoms with Crippen LogP contribution in [0, 0.1) is 23.2 Å². The number of nitrogens with zero attached hydrogens (tertiary/aromatic N) is 3. The summed E-state index contributed by atoms with van der Waals surface area (Å²) in [6.07, 6.45) is 3.53. The van der Waals surface area contributed by atoms with Crippen LogP contribution < -0.4 is 26.0 Å². The van der Waals surface area contributed by atoms with E-state index in [-0.39, 0.29) is 94.4 Å². The molecule has 1 aromatic heterocycles. The quantitative estimate of drug-likeness (QED) is 0.0658. The highest BCUT2D eigenvalue weighted by Crippen LogP contribution is 2.47. The van der Waals surface area contributed by atoms with Crippen LogP contribution in [0.1, 0.15) is 119 Å². The van der Waals surface area contributed by atoms with Crippen LogP contribution in [-0.4, -0.2) is 112 Å². The fourth-order valence-corrected chi connectivity index (χ4v) is 9.26. The van der Waals surface area contributed by atoms with Gasteiger partial charge in [-0.1, -0.05) is 38.8 Å². The van der Waals surface area contributed by atoms with Crippen LogP contribution >= 0.6 is 11.8 Å². The number of ketones is 2. The second-order valence-electron chi connectivity index (χ2n) is 16.5. The van der Waals surface area contributed by atoms with E-state index in [0.29, 0.717) is 35.7 Å². The number of hydrogen-bond acceptors (Lipinski definition) is 13. The number of aromatic nitrogens is 1. The molecule has 3 aliphatic rings. The highest BCUT2D eigenvalue weighted by Gasteiger charge is 2.43. The van der Waals surface area contributed by atoms with E-state index in [1.54, 1.807) is 23.1 Å². The van der Waals surface area contributed by atoms with Crippen LogP contribution in [0.15, 0.2) is 35.4 Å². The van der Waals surface area contributed by atoms with Gasteiger partial charge in [0.05, 0.1) is 29.4 Å². The Bertz CT molecular complexity index is 2430. The molecule has 5 amide bonds. The van der Waals surface area contributed by atoms with E-state index in [1.807, 2.05) is 6.92 Å². The molecule has 3 aromatic rings. The Kier molecular flexibility index (Phi) is 14.9. The summed E-state index contributed by atoms with van der Waals surface area (Å²) < 4.78 is 5.30. The first-order chi connectivity index (χ1) is 30.6. The number of methoxy groups -OCH3 is 1. The minimum atomic E-state index is -0.981. The number of thioether (sulfide) groups is 1. The van der Waals surface area contributed by atoms with E-state index < -0.39 is 58.9 Å². The second-order valence-corrected chi connectivity index (χ2v) is 17.9. The molecule has 1 aliphatic heterocycles. The molecule has 1 fully saturated rings. The Balaban J connectivity index is 0.912. The molecular formula is C46H53N7O10S. The third-order valence-corrected chi connectivity index (χ3v) is 13.0. The van der Waals surface area contributed by atoms with E-state index in [0.717, 1.165) is 19.3 Å². The number of nitrogens with one attached hydrogen (secondary N) is 4. The van der Waals surface area contributed by atoms with Gasteiger partial charge in [0.1, 0.15) is 46.1 Å². The SMILES string of the molecule is CCCCC(C)Sc1nc(C(=O)NCCC(=O)NC(C)C(=O)N[C@@H](C)C(=O)NCC2CN(C(=O)[C@H]3CCc4c(O)c5c(c(O)c4C3)C(=O)c3cccc(OC)c3C5=O)C2)ccc1C#N. The highest BCUT2D eigenvalue weighted by atomic mass is 32.2. The van der Waals surface area contributed by atoms with Crippen LogP contribution in [0.4, 0.5) is 0 Å². The predicted molar refractivity (Wildman–Crippen MR) is 234 cm³/mol. The summed E-state index contributed by atoms with van der Waals surface area (Å²) in [5.74, 6) is -4.66. The van der Waals surface area contributed by atoms with Crippen molar-refractivity contribution in [1.82, 2.24) is 31.2 Å². The summed E-state index contributed by atoms with van der Waals surface area (Å²) in [5, 5.41) is 43.4. The molecule has 4 atom stereocenters. The van der Waals surface area contributed by atoms with Gasteiger partial charge in [-0.3, -0.25) is 33.6 Å². The van der Waals surface area contributed by atoms with Gasteiger partial charge in [-0.25, -0.2) is 4.98 Å². The predicted octanol–water partition coefficient (Wildman–Crippen LogP) is 3.33. The topological polar surface area (TPSA) is 257 Å². The van der Waals surface area contributed by atoms with Gasteiger partial charge in [0.25, 0.3) is 5.91 Å². The van der Waals surface area contributed by atoms with Gasteiger partial charge in [0.15, 0.2) is 5.78 Å². The minimum Gasteiger partial charge on any atom is -0.507 e. The molecule has 0 saturated carbocycles. The Morgan fingerprint density at radius 1 is 0.938 bits per heavy atom. The molecule has 2 aromatic carbocycles. The van der Waals surface area contributed by atoms with Crippen molar-refractivity contribution in [1.29, 1.82) is 5.26 Å². The summed E-state index contributed by atoms with van der Waals surface area (Å²) in [6.45, 7) is 8.07. The third-order valence-electron chi connectivity index (χ3n) is 11.9. The maximum atomic E-state index is 13.6. The molecule has 6 N–H and O–H groups in total. The van der Waals surface area contributed by atoms with Crippen LogP contribution in [0.25, 0.3) is 0 Å². The molecule has 64 heavy (non-hydrogen) atoms. The molecule has 2 unspecified atom stereocenters. The van der Waals surface area contributed by atoms with E-state index in [1.165, 1.54) is 44.9 Å². The lowest BCUT2D eigenvalue weighted by molar-refractivity contribution is -0.142. The number of phenols is 2. The number of unbranched alkanes of at least 4 members (excludes halogenated alkanes) is 1. The normalized spacial score (nSPS) is 16.7. The number of phenolic OH excluding ortho intramolecular Hbond substituents is 2. The van der Waals surface area contributed by atoms with Crippen molar-refractivity contribution >= 4 is 52.9 Å². The molecule has 0 spiro atoms. The molecule has 17 nitrogen and oxygen atoms in total. The minimum absolute atomic E-state index is 0.0212. The number of fused-ring (bicyclic) bond motifs is 3. The number of amides is 5. The molecule has 0 radical (unpaired) electrons. The lowest BCUT2D eigenvalue weighted by atomic mass is 9.75. The molecule has 338 valence electrons. The number of ether oxygens (including phenoxy) is 1. The van der Waals surface area contributed by atoms with E-state index in [9.17, 15) is 49.0 Å². The van der Waals surface area contributed by atoms with E-state index >= 15 is 0 Å². The molecule has 18 heteroatoms. The van der Waals surface area contributed by atoms with Gasteiger partial charge in [-0.05, 0) is 57.7 Å². The first-order valence-corrected chi connectivity index (χ1v) is 22.3. The van der Waals surface area contributed by atoms with Crippen molar-refractivity contribution in [3.63, 3.8) is 0 Å². The number of benzene rings is 2. The summed E-state index contributed by atoms with van der Waals surface area (Å²) in [7, 11) is 1.37. The van der Waals surface area contributed by atoms with Crippen molar-refractivity contribution in [3.05, 3.63) is 75.0 Å². The number of carbonyl (C=O) groups excluding carboxylic acids is 7. The van der Waals surface area contributed by atoms with Crippen LogP contribution in [0.3, 0.4) is 0 Å². The molecule has 0 bridgehead atoms. The van der Waals surface area contributed by atoms with E-state index in [2.05, 4.69) is 39.2 Å². The van der Waals surface area contributed by atoms with Gasteiger partial charge in [-0.2, -0.15) is 5.26 Å². The van der Waals surface area contributed by atoms with Crippen molar-refractivity contribution in [2.75, 3.05) is 33.3 Å². The average molecular weight is 896 g/mol. The summed E-state index contributed by atoms with van der Waals surface area (Å²) in [6, 6.07) is 7.77. The number of nitriles is 1. The summed E-state index contributed by atoms with van der Waals surface area (Å²) >= 11 is 1.44. The Morgan fingerprint density at radius 2 is 1.64 bits per heavy atom. The van der Waals surface area contributed by atoms with Crippen molar-refractivity contribution in [2.45, 2.75) is 95.0 Å². The zero-order chi connectivity index (χ0) is 46.4. The van der Waals surface area contributed by atoms with Gasteiger partial charge in [-0.15, -0.1) is 11.8 Å².